The maximum Gasteiger partial charge on any atom is 0.225 e. The minimum Gasteiger partial charge on any atom is -0.497 e. The van der Waals surface area contributed by atoms with Crippen LogP contribution in [0.25, 0.3) is 0 Å². The van der Waals surface area contributed by atoms with Crippen molar-refractivity contribution in [1.82, 2.24) is 15.5 Å². The number of piperidine rings is 1. The number of nitrogens with one attached hydrogen (secondary N) is 2. The number of hydrogen-bond donors (Lipinski definition) is 2. The molecule has 0 saturated carbocycles. The number of amides is 2. The van der Waals surface area contributed by atoms with Gasteiger partial charge in [0.05, 0.1) is 19.1 Å². The monoisotopic (exact) mass is 347 g/mol. The van der Waals surface area contributed by atoms with E-state index in [1.807, 2.05) is 38.1 Å². The molecule has 1 heterocycles. The van der Waals surface area contributed by atoms with Crippen molar-refractivity contribution in [2.24, 2.45) is 5.92 Å². The second-order valence-corrected chi connectivity index (χ2v) is 6.57. The zero-order valence-electron chi connectivity index (χ0n) is 15.5. The fourth-order valence-corrected chi connectivity index (χ4v) is 3.38. The lowest BCUT2D eigenvalue weighted by molar-refractivity contribution is -0.141. The Hall–Kier alpha value is -2.08. The molecule has 0 aromatic heterocycles. The first kappa shape index (κ1) is 19.2. The summed E-state index contributed by atoms with van der Waals surface area (Å²) >= 11 is 0. The molecule has 1 saturated heterocycles. The van der Waals surface area contributed by atoms with Crippen LogP contribution in [0.4, 0.5) is 0 Å². The third-order valence-corrected chi connectivity index (χ3v) is 4.79. The highest BCUT2D eigenvalue weighted by Gasteiger charge is 2.38. The molecule has 1 aromatic rings. The van der Waals surface area contributed by atoms with Gasteiger partial charge in [0.15, 0.2) is 0 Å². The van der Waals surface area contributed by atoms with Gasteiger partial charge >= 0.3 is 0 Å². The lowest BCUT2D eigenvalue weighted by Crippen LogP contribution is -2.48. The second-order valence-electron chi connectivity index (χ2n) is 6.57. The third kappa shape index (κ3) is 4.72. The molecule has 6 heteroatoms. The molecule has 0 bridgehead atoms. The number of nitrogens with zero attached hydrogens (tertiary/aromatic N) is 1. The summed E-state index contributed by atoms with van der Waals surface area (Å²) in [7, 11) is 3.39. The van der Waals surface area contributed by atoms with E-state index in [2.05, 4.69) is 10.6 Å². The largest absolute Gasteiger partial charge is 0.497 e. The molecular weight excluding hydrogens is 318 g/mol. The van der Waals surface area contributed by atoms with Crippen molar-refractivity contribution >= 4 is 11.8 Å². The summed E-state index contributed by atoms with van der Waals surface area (Å²) in [5.41, 5.74) is 0.955. The van der Waals surface area contributed by atoms with Crippen molar-refractivity contribution in [3.8, 4) is 5.75 Å². The van der Waals surface area contributed by atoms with E-state index in [4.69, 9.17) is 4.74 Å². The maximum atomic E-state index is 12.8. The molecule has 2 N–H and O–H groups in total. The van der Waals surface area contributed by atoms with E-state index in [0.29, 0.717) is 19.4 Å². The number of rotatable bonds is 7. The standard InChI is InChI=1S/C19H29N3O3/c1-5-20-13(2)12-21-19(24)16-10-11-17(23)22(3)18(16)14-6-8-15(25-4)9-7-14/h6-9,13,16,18,20H,5,10-12H2,1-4H3,(H,21,24)/t13-,16?,18?/m1/s1. The molecule has 138 valence electrons. The summed E-state index contributed by atoms with van der Waals surface area (Å²) in [6.45, 7) is 5.53. The van der Waals surface area contributed by atoms with Gasteiger partial charge in [-0.15, -0.1) is 0 Å². The summed E-state index contributed by atoms with van der Waals surface area (Å²) in [6.07, 6.45) is 0.977. The molecule has 6 nitrogen and oxygen atoms in total. The van der Waals surface area contributed by atoms with Crippen molar-refractivity contribution in [2.75, 3.05) is 27.2 Å². The van der Waals surface area contributed by atoms with Crippen LogP contribution in [0, 0.1) is 5.92 Å². The molecule has 1 fully saturated rings. The van der Waals surface area contributed by atoms with Crippen molar-refractivity contribution < 1.29 is 14.3 Å². The summed E-state index contributed by atoms with van der Waals surface area (Å²) < 4.78 is 5.20. The summed E-state index contributed by atoms with van der Waals surface area (Å²) in [4.78, 5) is 26.6. The van der Waals surface area contributed by atoms with E-state index in [9.17, 15) is 9.59 Å². The number of ether oxygens (including phenoxy) is 1. The summed E-state index contributed by atoms with van der Waals surface area (Å²) in [5, 5.41) is 6.31. The quantitative estimate of drug-likeness (QED) is 0.788. The van der Waals surface area contributed by atoms with Crippen LogP contribution in [-0.4, -0.2) is 50.0 Å². The van der Waals surface area contributed by atoms with Gasteiger partial charge in [-0.1, -0.05) is 19.1 Å². The first-order valence-electron chi connectivity index (χ1n) is 8.88. The molecule has 0 spiro atoms. The molecule has 2 unspecified atom stereocenters. The molecule has 1 aliphatic heterocycles. The van der Waals surface area contributed by atoms with E-state index in [-0.39, 0.29) is 29.8 Å². The topological polar surface area (TPSA) is 70.7 Å². The van der Waals surface area contributed by atoms with Gasteiger partial charge in [0, 0.05) is 26.1 Å². The van der Waals surface area contributed by atoms with Crippen LogP contribution in [0.3, 0.4) is 0 Å². The van der Waals surface area contributed by atoms with Crippen LogP contribution in [0.5, 0.6) is 5.75 Å². The molecule has 0 radical (unpaired) electrons. The van der Waals surface area contributed by atoms with E-state index >= 15 is 0 Å². The van der Waals surface area contributed by atoms with E-state index in [0.717, 1.165) is 17.9 Å². The SMILES string of the molecule is CCN[C@H](C)CNC(=O)C1CCC(=O)N(C)C1c1ccc(OC)cc1. The van der Waals surface area contributed by atoms with Gasteiger partial charge in [-0.3, -0.25) is 9.59 Å². The summed E-state index contributed by atoms with van der Waals surface area (Å²) in [6, 6.07) is 7.56. The average molecular weight is 347 g/mol. The lowest BCUT2D eigenvalue weighted by Gasteiger charge is -2.38. The number of likely N-dealkylation sites (N-methyl/N-ethyl adjacent to an activating group) is 1. The van der Waals surface area contributed by atoms with Crippen LogP contribution in [-0.2, 0) is 9.59 Å². The Morgan fingerprint density at radius 3 is 2.64 bits per heavy atom. The smallest absolute Gasteiger partial charge is 0.225 e. The summed E-state index contributed by atoms with van der Waals surface area (Å²) in [5.74, 6) is 0.592. The van der Waals surface area contributed by atoms with Crippen LogP contribution in [0.2, 0.25) is 0 Å². The Bertz CT molecular complexity index is 588. The van der Waals surface area contributed by atoms with Crippen LogP contribution in [0.1, 0.15) is 38.3 Å². The Morgan fingerprint density at radius 2 is 2.04 bits per heavy atom. The normalized spacial score (nSPS) is 21.8. The van der Waals surface area contributed by atoms with Gasteiger partial charge in [0.25, 0.3) is 0 Å². The van der Waals surface area contributed by atoms with Crippen molar-refractivity contribution in [3.05, 3.63) is 29.8 Å². The minimum atomic E-state index is -0.249. The number of benzene rings is 1. The number of carbonyl (C=O) groups is 2. The zero-order valence-corrected chi connectivity index (χ0v) is 15.5. The van der Waals surface area contributed by atoms with E-state index in [1.165, 1.54) is 0 Å². The first-order valence-corrected chi connectivity index (χ1v) is 8.88. The molecule has 1 aromatic carbocycles. The van der Waals surface area contributed by atoms with Crippen LogP contribution < -0.4 is 15.4 Å². The fourth-order valence-electron chi connectivity index (χ4n) is 3.38. The third-order valence-electron chi connectivity index (χ3n) is 4.79. The van der Waals surface area contributed by atoms with Gasteiger partial charge in [0.2, 0.25) is 11.8 Å². The van der Waals surface area contributed by atoms with Crippen molar-refractivity contribution in [1.29, 1.82) is 0 Å². The van der Waals surface area contributed by atoms with Gasteiger partial charge < -0.3 is 20.3 Å². The molecule has 25 heavy (non-hydrogen) atoms. The predicted octanol–water partition coefficient (Wildman–Crippen LogP) is 1.72. The van der Waals surface area contributed by atoms with Gasteiger partial charge in [-0.25, -0.2) is 0 Å². The first-order chi connectivity index (χ1) is 12.0. The Labute approximate surface area is 149 Å². The minimum absolute atomic E-state index is 0.00456. The molecule has 0 aliphatic carbocycles. The van der Waals surface area contributed by atoms with Crippen LogP contribution >= 0.6 is 0 Å². The number of methoxy groups -OCH3 is 1. The van der Waals surface area contributed by atoms with Gasteiger partial charge in [-0.05, 0) is 37.6 Å². The molecule has 3 atom stereocenters. The van der Waals surface area contributed by atoms with E-state index in [1.54, 1.807) is 19.1 Å². The number of carbonyl (C=O) groups excluding carboxylic acids is 2. The number of hydrogen-bond acceptors (Lipinski definition) is 4. The van der Waals surface area contributed by atoms with Crippen LogP contribution in [0.15, 0.2) is 24.3 Å². The highest BCUT2D eigenvalue weighted by Crippen LogP contribution is 2.36. The number of likely N-dealkylation sites (tertiary alicyclic amines) is 1. The Kier molecular flexibility index (Phi) is 6.82. The Balaban J connectivity index is 2.15. The molecular formula is C19H29N3O3. The van der Waals surface area contributed by atoms with Gasteiger partial charge in [-0.2, -0.15) is 0 Å². The second kappa shape index (κ2) is 8.85. The lowest BCUT2D eigenvalue weighted by atomic mass is 9.84. The maximum absolute atomic E-state index is 12.8. The molecule has 1 aliphatic rings. The van der Waals surface area contributed by atoms with Crippen molar-refractivity contribution in [3.63, 3.8) is 0 Å². The highest BCUT2D eigenvalue weighted by molar-refractivity contribution is 5.84. The van der Waals surface area contributed by atoms with Gasteiger partial charge in [0.1, 0.15) is 5.75 Å². The van der Waals surface area contributed by atoms with E-state index < -0.39 is 0 Å². The predicted molar refractivity (Wildman–Crippen MR) is 97.4 cm³/mol. The highest BCUT2D eigenvalue weighted by atomic mass is 16.5. The average Bonchev–Trinajstić information content (AvgIpc) is 2.62. The molecule has 2 amide bonds. The fraction of sp³-hybridized carbons (Fsp3) is 0.579. The van der Waals surface area contributed by atoms with Crippen molar-refractivity contribution in [2.45, 2.75) is 38.8 Å². The Morgan fingerprint density at radius 1 is 1.36 bits per heavy atom. The molecule has 2 rings (SSSR count). The zero-order chi connectivity index (χ0) is 18.4.